The summed E-state index contributed by atoms with van der Waals surface area (Å²) in [6.45, 7) is 4.98. The van der Waals surface area contributed by atoms with E-state index in [1.807, 2.05) is 42.5 Å². The Labute approximate surface area is 186 Å². The van der Waals surface area contributed by atoms with Crippen molar-refractivity contribution in [2.75, 3.05) is 19.4 Å². The van der Waals surface area contributed by atoms with E-state index in [0.717, 1.165) is 67.6 Å². The molecule has 2 N–H and O–H groups in total. The number of benzene rings is 2. The van der Waals surface area contributed by atoms with Gasteiger partial charge in [-0.1, -0.05) is 55.3 Å². The van der Waals surface area contributed by atoms with Crippen LogP contribution < -0.4 is 9.47 Å². The van der Waals surface area contributed by atoms with Gasteiger partial charge in [-0.05, 0) is 56.2 Å². The molecule has 0 saturated carbocycles. The third kappa shape index (κ3) is 10.2. The first-order valence-corrected chi connectivity index (χ1v) is 12.9. The summed E-state index contributed by atoms with van der Waals surface area (Å²) in [7, 11) is -3.88. The maximum Gasteiger partial charge on any atom is 0.325 e. The Balaban J connectivity index is 1.94. The Kier molecular flexibility index (Phi) is 11.4. The molecule has 2 aromatic rings. The molecule has 0 spiro atoms. The molecule has 0 saturated heterocycles. The van der Waals surface area contributed by atoms with Gasteiger partial charge < -0.3 is 19.3 Å². The SMILES string of the molecule is C=CCCCCCOc1cccc(OCCCCCCP(=O)(O)O)c1-c1ccccc1. The summed E-state index contributed by atoms with van der Waals surface area (Å²) in [4.78, 5) is 17.8. The molecule has 0 aliphatic carbocycles. The molecular formula is C25H35O5P. The number of hydrogen-bond acceptors (Lipinski definition) is 3. The van der Waals surface area contributed by atoms with Crippen LogP contribution in [0.2, 0.25) is 0 Å². The molecule has 2 aromatic carbocycles. The van der Waals surface area contributed by atoms with Crippen LogP contribution in [-0.4, -0.2) is 29.2 Å². The molecule has 0 radical (unpaired) electrons. The molecule has 2 rings (SSSR count). The van der Waals surface area contributed by atoms with Crippen LogP contribution in [0.1, 0.15) is 51.4 Å². The lowest BCUT2D eigenvalue weighted by Gasteiger charge is -2.17. The van der Waals surface area contributed by atoms with Crippen molar-refractivity contribution in [1.29, 1.82) is 0 Å². The first-order chi connectivity index (χ1) is 15.0. The van der Waals surface area contributed by atoms with E-state index in [2.05, 4.69) is 18.7 Å². The minimum Gasteiger partial charge on any atom is -0.493 e. The molecular weight excluding hydrogens is 411 g/mol. The summed E-state index contributed by atoms with van der Waals surface area (Å²) in [5.41, 5.74) is 2.03. The van der Waals surface area contributed by atoms with Crippen LogP contribution in [0.4, 0.5) is 0 Å². The molecule has 170 valence electrons. The van der Waals surface area contributed by atoms with Crippen LogP contribution in [-0.2, 0) is 4.57 Å². The fourth-order valence-electron chi connectivity index (χ4n) is 3.35. The van der Waals surface area contributed by atoms with Gasteiger partial charge in [0.15, 0.2) is 0 Å². The van der Waals surface area contributed by atoms with Crippen molar-refractivity contribution in [2.24, 2.45) is 0 Å². The van der Waals surface area contributed by atoms with Gasteiger partial charge in [-0.15, -0.1) is 6.58 Å². The number of unbranched alkanes of at least 4 members (excludes halogenated alkanes) is 6. The van der Waals surface area contributed by atoms with Crippen LogP contribution in [0.5, 0.6) is 11.5 Å². The van der Waals surface area contributed by atoms with Crippen molar-refractivity contribution < 1.29 is 23.8 Å². The van der Waals surface area contributed by atoms with Crippen molar-refractivity contribution in [3.8, 4) is 22.6 Å². The van der Waals surface area contributed by atoms with Gasteiger partial charge >= 0.3 is 7.60 Å². The van der Waals surface area contributed by atoms with Gasteiger partial charge in [-0.3, -0.25) is 4.57 Å². The number of rotatable bonds is 16. The average Bonchev–Trinajstić information content (AvgIpc) is 2.75. The van der Waals surface area contributed by atoms with Crippen molar-refractivity contribution >= 4 is 7.60 Å². The summed E-state index contributed by atoms with van der Waals surface area (Å²) in [5, 5.41) is 0. The predicted molar refractivity (Wildman–Crippen MR) is 127 cm³/mol. The van der Waals surface area contributed by atoms with E-state index < -0.39 is 7.60 Å². The molecule has 0 unspecified atom stereocenters. The summed E-state index contributed by atoms with van der Waals surface area (Å²) >= 11 is 0. The second-order valence-corrected chi connectivity index (χ2v) is 9.41. The van der Waals surface area contributed by atoms with Gasteiger partial charge in [0.2, 0.25) is 0 Å². The van der Waals surface area contributed by atoms with E-state index >= 15 is 0 Å². The Morgan fingerprint density at radius 2 is 1.35 bits per heavy atom. The van der Waals surface area contributed by atoms with Crippen LogP contribution in [0, 0.1) is 0 Å². The first kappa shape index (κ1) is 25.2. The normalized spacial score (nSPS) is 11.3. The monoisotopic (exact) mass is 446 g/mol. The van der Waals surface area contributed by atoms with Crippen LogP contribution >= 0.6 is 7.60 Å². The van der Waals surface area contributed by atoms with E-state index in [4.69, 9.17) is 19.3 Å². The molecule has 0 fully saturated rings. The summed E-state index contributed by atoms with van der Waals surface area (Å²) in [6.07, 6.45) is 9.24. The largest absolute Gasteiger partial charge is 0.493 e. The fraction of sp³-hybridized carbons (Fsp3) is 0.440. The van der Waals surface area contributed by atoms with Gasteiger partial charge in [-0.2, -0.15) is 0 Å². The molecule has 0 amide bonds. The van der Waals surface area contributed by atoms with Gasteiger partial charge in [0.1, 0.15) is 11.5 Å². The molecule has 0 aliphatic heterocycles. The maximum atomic E-state index is 10.9. The van der Waals surface area contributed by atoms with E-state index in [9.17, 15) is 4.57 Å². The molecule has 6 heteroatoms. The molecule has 31 heavy (non-hydrogen) atoms. The number of ether oxygens (including phenoxy) is 2. The summed E-state index contributed by atoms with van der Waals surface area (Å²) < 4.78 is 23.1. The van der Waals surface area contributed by atoms with Crippen LogP contribution in [0.25, 0.3) is 11.1 Å². The van der Waals surface area contributed by atoms with Gasteiger partial charge in [0.25, 0.3) is 0 Å². The smallest absolute Gasteiger partial charge is 0.325 e. The van der Waals surface area contributed by atoms with Crippen molar-refractivity contribution in [2.45, 2.75) is 51.4 Å². The van der Waals surface area contributed by atoms with Crippen molar-refractivity contribution in [3.63, 3.8) is 0 Å². The lowest BCUT2D eigenvalue weighted by atomic mass is 10.0. The Morgan fingerprint density at radius 1 is 0.774 bits per heavy atom. The van der Waals surface area contributed by atoms with Gasteiger partial charge in [0.05, 0.1) is 18.8 Å². The summed E-state index contributed by atoms with van der Waals surface area (Å²) in [5.74, 6) is 1.62. The van der Waals surface area contributed by atoms with E-state index in [1.54, 1.807) is 0 Å². The first-order valence-electron chi connectivity index (χ1n) is 11.1. The van der Waals surface area contributed by atoms with Crippen LogP contribution in [0.3, 0.4) is 0 Å². The van der Waals surface area contributed by atoms with E-state index in [-0.39, 0.29) is 6.16 Å². The van der Waals surface area contributed by atoms with Gasteiger partial charge in [0, 0.05) is 6.16 Å². The minimum atomic E-state index is -3.88. The Hall–Kier alpha value is -2.07. The number of allylic oxidation sites excluding steroid dienone is 1. The molecule has 0 bridgehead atoms. The third-order valence-electron chi connectivity index (χ3n) is 4.96. The Bertz CT molecular complexity index is 816. The highest BCUT2D eigenvalue weighted by molar-refractivity contribution is 7.51. The zero-order valence-electron chi connectivity index (χ0n) is 18.2. The van der Waals surface area contributed by atoms with E-state index in [1.165, 1.54) is 0 Å². The summed E-state index contributed by atoms with van der Waals surface area (Å²) in [6, 6.07) is 16.0. The molecule has 0 atom stereocenters. The fourth-order valence-corrected chi connectivity index (χ4v) is 3.98. The van der Waals surface area contributed by atoms with Gasteiger partial charge in [-0.25, -0.2) is 0 Å². The van der Waals surface area contributed by atoms with E-state index in [0.29, 0.717) is 19.6 Å². The highest BCUT2D eigenvalue weighted by Crippen LogP contribution is 2.39. The van der Waals surface area contributed by atoms with Crippen LogP contribution in [0.15, 0.2) is 61.2 Å². The lowest BCUT2D eigenvalue weighted by Crippen LogP contribution is -2.03. The standard InChI is InChI=1S/C25H35O5P/c1-2-3-4-5-11-19-29-23-17-14-18-24(25(23)22-15-9-8-10-16-22)30-20-12-6-7-13-21-31(26,27)28/h2,8-10,14-18H,1,3-7,11-13,19-21H2,(H2,26,27,28). The molecule has 0 aromatic heterocycles. The number of hydrogen-bond donors (Lipinski definition) is 2. The highest BCUT2D eigenvalue weighted by Gasteiger charge is 2.14. The average molecular weight is 447 g/mol. The molecule has 5 nitrogen and oxygen atoms in total. The lowest BCUT2D eigenvalue weighted by molar-refractivity contribution is 0.292. The minimum absolute atomic E-state index is 0.0427. The zero-order chi connectivity index (χ0) is 22.4. The highest BCUT2D eigenvalue weighted by atomic mass is 31.2. The second kappa shape index (κ2) is 14.1. The quantitative estimate of drug-likeness (QED) is 0.173. The zero-order valence-corrected chi connectivity index (χ0v) is 19.1. The van der Waals surface area contributed by atoms with Crippen molar-refractivity contribution in [3.05, 3.63) is 61.2 Å². The molecule has 0 heterocycles. The third-order valence-corrected chi connectivity index (χ3v) is 5.86. The van der Waals surface area contributed by atoms with Crippen molar-refractivity contribution in [1.82, 2.24) is 0 Å². The topological polar surface area (TPSA) is 76.0 Å². The molecule has 0 aliphatic rings. The Morgan fingerprint density at radius 3 is 1.94 bits per heavy atom. The maximum absolute atomic E-state index is 10.9. The predicted octanol–water partition coefficient (Wildman–Crippen LogP) is 6.60. The second-order valence-electron chi connectivity index (χ2n) is 7.63.